The van der Waals surface area contributed by atoms with Gasteiger partial charge in [-0.1, -0.05) is 6.07 Å². The van der Waals surface area contributed by atoms with Crippen molar-refractivity contribution in [1.82, 2.24) is 19.5 Å². The molecule has 11 heteroatoms. The van der Waals surface area contributed by atoms with E-state index < -0.39 is 15.8 Å². The molecule has 31 heavy (non-hydrogen) atoms. The molecule has 0 radical (unpaired) electrons. The number of hydrogen-bond donors (Lipinski definition) is 2. The first-order valence-corrected chi connectivity index (χ1v) is 10.9. The quantitative estimate of drug-likeness (QED) is 0.518. The highest BCUT2D eigenvalue weighted by Gasteiger charge is 2.25. The van der Waals surface area contributed by atoms with Gasteiger partial charge in [0.1, 0.15) is 17.2 Å². The molecule has 0 unspecified atom stereocenters. The van der Waals surface area contributed by atoms with Gasteiger partial charge in [0.2, 0.25) is 5.88 Å². The molecule has 0 spiro atoms. The van der Waals surface area contributed by atoms with E-state index in [1.54, 1.807) is 54.3 Å². The van der Waals surface area contributed by atoms with Crippen molar-refractivity contribution in [2.24, 2.45) is 0 Å². The van der Waals surface area contributed by atoms with Crippen LogP contribution in [0.2, 0.25) is 0 Å². The summed E-state index contributed by atoms with van der Waals surface area (Å²) >= 11 is 0. The van der Waals surface area contributed by atoms with Gasteiger partial charge in [-0.25, -0.2) is 14.0 Å². The number of ether oxygens (including phenoxy) is 3. The fraction of sp³-hybridized carbons (Fsp3) is 0.250. The number of amides is 1. The number of pyridine rings is 1. The second-order valence-electron chi connectivity index (χ2n) is 6.28. The van der Waals surface area contributed by atoms with Crippen LogP contribution in [-0.4, -0.2) is 45.7 Å². The van der Waals surface area contributed by atoms with Gasteiger partial charge in [0.15, 0.2) is 14.8 Å². The maximum Gasteiger partial charge on any atom is 0.282 e. The fourth-order valence-electron chi connectivity index (χ4n) is 2.90. The monoisotopic (exact) mass is 445 g/mol. The van der Waals surface area contributed by atoms with Crippen LogP contribution in [0.5, 0.6) is 17.4 Å². The molecule has 0 aliphatic rings. The maximum absolute atomic E-state index is 13.2. The third kappa shape index (κ3) is 4.94. The normalized spacial score (nSPS) is 12.6. The summed E-state index contributed by atoms with van der Waals surface area (Å²) in [5.74, 6) is -0.196. The molecule has 0 aliphatic heterocycles. The van der Waals surface area contributed by atoms with Crippen LogP contribution in [0.1, 0.15) is 23.0 Å². The summed E-state index contributed by atoms with van der Waals surface area (Å²) in [5.41, 5.74) is 0.659. The lowest BCUT2D eigenvalue weighted by molar-refractivity contribution is 0.0976. The smallest absolute Gasteiger partial charge is 0.282 e. The Morgan fingerprint density at radius 2 is 1.94 bits per heavy atom. The van der Waals surface area contributed by atoms with Gasteiger partial charge in [0, 0.05) is 18.0 Å². The van der Waals surface area contributed by atoms with Gasteiger partial charge in [0.25, 0.3) is 5.91 Å². The summed E-state index contributed by atoms with van der Waals surface area (Å²) in [5, 5.41) is 4.13. The molecule has 3 rings (SSSR count). The molecule has 0 bridgehead atoms. The van der Waals surface area contributed by atoms with E-state index in [0.29, 0.717) is 18.7 Å². The van der Waals surface area contributed by atoms with E-state index >= 15 is 0 Å². The Kier molecular flexibility index (Phi) is 6.75. The van der Waals surface area contributed by atoms with Crippen LogP contribution < -0.4 is 18.9 Å². The first kappa shape index (κ1) is 22.1. The minimum atomic E-state index is -3.82. The Morgan fingerprint density at radius 1 is 1.16 bits per heavy atom. The van der Waals surface area contributed by atoms with Crippen molar-refractivity contribution >= 4 is 15.8 Å². The molecule has 0 aliphatic carbocycles. The first-order chi connectivity index (χ1) is 14.9. The van der Waals surface area contributed by atoms with E-state index in [1.165, 1.54) is 20.3 Å². The lowest BCUT2D eigenvalue weighted by atomic mass is 10.2. The summed E-state index contributed by atoms with van der Waals surface area (Å²) in [6.45, 7) is 2.45. The van der Waals surface area contributed by atoms with Crippen LogP contribution >= 0.6 is 0 Å². The molecule has 2 heterocycles. The van der Waals surface area contributed by atoms with Gasteiger partial charge in [-0.3, -0.25) is 14.2 Å². The molecule has 1 atom stereocenters. The zero-order chi connectivity index (χ0) is 22.4. The molecule has 2 aromatic heterocycles. The number of carbonyl (C=O) groups excluding carboxylic acids is 1. The number of aromatic nitrogens is 3. The number of hydrogen-bond acceptors (Lipinski definition) is 8. The predicted molar refractivity (Wildman–Crippen MR) is 113 cm³/mol. The molecule has 10 nitrogen and oxygen atoms in total. The summed E-state index contributed by atoms with van der Waals surface area (Å²) in [6, 6.07) is 9.69. The van der Waals surface area contributed by atoms with Gasteiger partial charge >= 0.3 is 0 Å². The number of nitrogens with zero attached hydrogens (tertiary/aromatic N) is 3. The maximum atomic E-state index is 13.2. The number of benzene rings is 1. The third-order valence-electron chi connectivity index (χ3n) is 4.24. The SMILES string of the molecule is CCOc1cccc(OC)c1[S@](=N)(=O)NC(=O)c1ccc(Cn2cccn2)c(OC)n1. The van der Waals surface area contributed by atoms with Crippen LogP contribution in [0, 0.1) is 4.78 Å². The number of carbonyl (C=O) groups is 1. The van der Waals surface area contributed by atoms with Crippen molar-refractivity contribution in [3.05, 3.63) is 60.0 Å². The Labute approximate surface area is 180 Å². The second kappa shape index (κ2) is 9.47. The molecule has 0 saturated carbocycles. The topological polar surface area (TPSA) is 128 Å². The van der Waals surface area contributed by atoms with Crippen molar-refractivity contribution in [3.63, 3.8) is 0 Å². The molecular formula is C20H23N5O5S. The number of methoxy groups -OCH3 is 2. The minimum absolute atomic E-state index is 0.0463. The van der Waals surface area contributed by atoms with E-state index in [0.717, 1.165) is 0 Å². The van der Waals surface area contributed by atoms with E-state index in [9.17, 15) is 9.00 Å². The summed E-state index contributed by atoms with van der Waals surface area (Å²) < 4.78 is 41.5. The summed E-state index contributed by atoms with van der Waals surface area (Å²) in [6.07, 6.45) is 3.44. The average molecular weight is 446 g/mol. The van der Waals surface area contributed by atoms with Crippen LogP contribution in [0.15, 0.2) is 53.7 Å². The highest BCUT2D eigenvalue weighted by Crippen LogP contribution is 2.33. The summed E-state index contributed by atoms with van der Waals surface area (Å²) in [7, 11) is -0.995. The number of nitrogens with one attached hydrogen (secondary N) is 2. The van der Waals surface area contributed by atoms with Crippen LogP contribution in [0.25, 0.3) is 0 Å². The Balaban J connectivity index is 1.89. The Morgan fingerprint density at radius 3 is 2.58 bits per heavy atom. The van der Waals surface area contributed by atoms with E-state index in [-0.39, 0.29) is 28.0 Å². The largest absolute Gasteiger partial charge is 0.495 e. The molecule has 164 valence electrons. The second-order valence-corrected chi connectivity index (χ2v) is 8.00. The molecule has 1 amide bonds. The Bertz CT molecular complexity index is 1160. The highest BCUT2D eigenvalue weighted by molar-refractivity contribution is 7.91. The molecule has 3 aromatic rings. The molecule has 1 aromatic carbocycles. The van der Waals surface area contributed by atoms with E-state index in [4.69, 9.17) is 19.0 Å². The van der Waals surface area contributed by atoms with Gasteiger partial charge in [0.05, 0.1) is 27.4 Å². The molecule has 0 fully saturated rings. The van der Waals surface area contributed by atoms with Crippen molar-refractivity contribution in [2.45, 2.75) is 18.4 Å². The Hall–Kier alpha value is -3.60. The molecule has 2 N–H and O–H groups in total. The third-order valence-corrected chi connectivity index (χ3v) is 5.69. The van der Waals surface area contributed by atoms with Crippen LogP contribution in [-0.2, 0) is 16.5 Å². The van der Waals surface area contributed by atoms with Crippen LogP contribution in [0.4, 0.5) is 0 Å². The minimum Gasteiger partial charge on any atom is -0.495 e. The van der Waals surface area contributed by atoms with Gasteiger partial charge in [-0.2, -0.15) is 5.10 Å². The van der Waals surface area contributed by atoms with Crippen molar-refractivity contribution in [2.75, 3.05) is 20.8 Å². The zero-order valence-electron chi connectivity index (χ0n) is 17.3. The standard InChI is InChI=1S/C20H23N5O5S/c1-4-30-17-8-5-7-16(28-2)18(17)31(21,27)24-19(26)15-10-9-14(20(23-15)29-3)13-25-12-6-11-22-25/h5-12H,4,13H2,1-3H3,(H2,21,24,26,27)/t31-/m1/s1. The fourth-order valence-corrected chi connectivity index (χ4v) is 4.22. The van der Waals surface area contributed by atoms with E-state index in [2.05, 4.69) is 14.8 Å². The first-order valence-electron chi connectivity index (χ1n) is 9.31. The van der Waals surface area contributed by atoms with Crippen molar-refractivity contribution in [3.8, 4) is 17.4 Å². The predicted octanol–water partition coefficient (Wildman–Crippen LogP) is 2.49. The number of rotatable bonds is 9. The lowest BCUT2D eigenvalue weighted by Gasteiger charge is -2.17. The van der Waals surface area contributed by atoms with Crippen LogP contribution in [0.3, 0.4) is 0 Å². The zero-order valence-corrected chi connectivity index (χ0v) is 18.1. The van der Waals surface area contributed by atoms with Crippen molar-refractivity contribution in [1.29, 1.82) is 4.78 Å². The van der Waals surface area contributed by atoms with Gasteiger partial charge in [-0.15, -0.1) is 0 Å². The van der Waals surface area contributed by atoms with E-state index in [1.807, 2.05) is 0 Å². The van der Waals surface area contributed by atoms with Gasteiger partial charge in [-0.05, 0) is 37.3 Å². The van der Waals surface area contributed by atoms with Crippen molar-refractivity contribution < 1.29 is 23.2 Å². The van der Waals surface area contributed by atoms with Gasteiger partial charge < -0.3 is 14.2 Å². The molecule has 0 saturated heterocycles. The lowest BCUT2D eigenvalue weighted by Crippen LogP contribution is -2.31. The molecular weight excluding hydrogens is 422 g/mol. The highest BCUT2D eigenvalue weighted by atomic mass is 32.2. The summed E-state index contributed by atoms with van der Waals surface area (Å²) in [4.78, 5) is 16.9. The average Bonchev–Trinajstić information content (AvgIpc) is 3.26.